The van der Waals surface area contributed by atoms with E-state index in [0.29, 0.717) is 12.2 Å². The number of benzene rings is 1. The van der Waals surface area contributed by atoms with Crippen LogP contribution in [0.15, 0.2) is 48.8 Å². The number of aromatic nitrogens is 2. The third kappa shape index (κ3) is 2.97. The summed E-state index contributed by atoms with van der Waals surface area (Å²) >= 11 is 0. The van der Waals surface area contributed by atoms with E-state index in [0.717, 1.165) is 16.5 Å². The summed E-state index contributed by atoms with van der Waals surface area (Å²) < 4.78 is 1.85. The molecule has 0 fully saturated rings. The number of hydrogen-bond donors (Lipinski definition) is 1. The molecule has 0 aliphatic carbocycles. The Hall–Kier alpha value is -2.62. The van der Waals surface area contributed by atoms with Crippen molar-refractivity contribution < 1.29 is 9.90 Å². The quantitative estimate of drug-likeness (QED) is 0.793. The third-order valence-electron chi connectivity index (χ3n) is 4.08. The molecule has 2 aromatic heterocycles. The fraction of sp³-hybridized carbons (Fsp3) is 0.263. The van der Waals surface area contributed by atoms with Gasteiger partial charge in [-0.3, -0.25) is 4.98 Å². The standard InChI is InChI=1S/C19H20N2O2/c1-19(2,3)15-4-5-16-14(10-15)11-17(18(22)23)21(16)12-13-6-8-20-9-7-13/h4-11H,12H2,1-3H3,(H,22,23). The van der Waals surface area contributed by atoms with Crippen LogP contribution in [0.4, 0.5) is 0 Å². The van der Waals surface area contributed by atoms with E-state index in [1.54, 1.807) is 18.5 Å². The van der Waals surface area contributed by atoms with Gasteiger partial charge < -0.3 is 9.67 Å². The first-order chi connectivity index (χ1) is 10.9. The van der Waals surface area contributed by atoms with Crippen molar-refractivity contribution >= 4 is 16.9 Å². The number of fused-ring (bicyclic) bond motifs is 1. The van der Waals surface area contributed by atoms with Gasteiger partial charge in [-0.2, -0.15) is 0 Å². The number of nitrogens with zero attached hydrogens (tertiary/aromatic N) is 2. The van der Waals surface area contributed by atoms with E-state index < -0.39 is 5.97 Å². The molecule has 0 spiro atoms. The molecule has 1 N–H and O–H groups in total. The number of carboxylic acids is 1. The molecule has 0 saturated heterocycles. The summed E-state index contributed by atoms with van der Waals surface area (Å²) in [6, 6.07) is 11.8. The van der Waals surface area contributed by atoms with Crippen LogP contribution in [0, 0.1) is 0 Å². The molecule has 118 valence electrons. The summed E-state index contributed by atoms with van der Waals surface area (Å²) in [4.78, 5) is 15.6. The smallest absolute Gasteiger partial charge is 0.352 e. The molecule has 4 nitrogen and oxygen atoms in total. The molecule has 4 heteroatoms. The van der Waals surface area contributed by atoms with Gasteiger partial charge in [0.05, 0.1) is 0 Å². The van der Waals surface area contributed by atoms with E-state index in [2.05, 4.69) is 37.9 Å². The first-order valence-electron chi connectivity index (χ1n) is 7.62. The van der Waals surface area contributed by atoms with Crippen LogP contribution in [0.25, 0.3) is 10.9 Å². The highest BCUT2D eigenvalue weighted by Crippen LogP contribution is 2.28. The number of aromatic carboxylic acids is 1. The summed E-state index contributed by atoms with van der Waals surface area (Å²) in [5.41, 5.74) is 3.50. The van der Waals surface area contributed by atoms with Gasteiger partial charge in [0.15, 0.2) is 0 Å². The molecule has 0 amide bonds. The molecule has 0 unspecified atom stereocenters. The van der Waals surface area contributed by atoms with Crippen LogP contribution in [-0.2, 0) is 12.0 Å². The minimum atomic E-state index is -0.910. The van der Waals surface area contributed by atoms with Crippen molar-refractivity contribution in [3.8, 4) is 0 Å². The molecule has 0 bridgehead atoms. The van der Waals surface area contributed by atoms with Gasteiger partial charge in [-0.25, -0.2) is 4.79 Å². The van der Waals surface area contributed by atoms with Crippen molar-refractivity contribution in [3.05, 3.63) is 65.6 Å². The van der Waals surface area contributed by atoms with E-state index in [9.17, 15) is 9.90 Å². The van der Waals surface area contributed by atoms with Crippen molar-refractivity contribution in [2.45, 2.75) is 32.7 Å². The second-order valence-corrected chi connectivity index (χ2v) is 6.80. The van der Waals surface area contributed by atoms with Gasteiger partial charge in [0, 0.05) is 29.8 Å². The third-order valence-corrected chi connectivity index (χ3v) is 4.08. The molecular formula is C19H20N2O2. The molecule has 3 rings (SSSR count). The van der Waals surface area contributed by atoms with E-state index in [1.165, 1.54) is 5.56 Å². The average molecular weight is 308 g/mol. The van der Waals surface area contributed by atoms with Crippen molar-refractivity contribution in [1.29, 1.82) is 0 Å². The average Bonchev–Trinajstić information content (AvgIpc) is 2.86. The SMILES string of the molecule is CC(C)(C)c1ccc2c(c1)cc(C(=O)O)n2Cc1ccncc1. The molecule has 0 saturated carbocycles. The highest BCUT2D eigenvalue weighted by Gasteiger charge is 2.18. The van der Waals surface area contributed by atoms with Crippen molar-refractivity contribution in [1.82, 2.24) is 9.55 Å². The van der Waals surface area contributed by atoms with Crippen LogP contribution in [0.5, 0.6) is 0 Å². The van der Waals surface area contributed by atoms with Crippen molar-refractivity contribution in [2.75, 3.05) is 0 Å². The summed E-state index contributed by atoms with van der Waals surface area (Å²) in [5.74, 6) is -0.910. The van der Waals surface area contributed by atoms with Crippen LogP contribution < -0.4 is 0 Å². The largest absolute Gasteiger partial charge is 0.477 e. The molecule has 0 aliphatic heterocycles. The van der Waals surface area contributed by atoms with Crippen LogP contribution >= 0.6 is 0 Å². The van der Waals surface area contributed by atoms with Crippen molar-refractivity contribution in [3.63, 3.8) is 0 Å². The van der Waals surface area contributed by atoms with E-state index in [1.807, 2.05) is 22.8 Å². The topological polar surface area (TPSA) is 55.1 Å². The lowest BCUT2D eigenvalue weighted by atomic mass is 9.86. The Balaban J connectivity index is 2.15. The Labute approximate surface area is 135 Å². The predicted molar refractivity (Wildman–Crippen MR) is 90.9 cm³/mol. The monoisotopic (exact) mass is 308 g/mol. The lowest BCUT2D eigenvalue weighted by molar-refractivity contribution is 0.0686. The highest BCUT2D eigenvalue weighted by molar-refractivity contribution is 5.95. The lowest BCUT2D eigenvalue weighted by Crippen LogP contribution is -2.11. The Bertz CT molecular complexity index is 858. The Morgan fingerprint density at radius 1 is 1.13 bits per heavy atom. The maximum Gasteiger partial charge on any atom is 0.352 e. The number of carboxylic acid groups (broad SMARTS) is 1. The predicted octanol–water partition coefficient (Wildman–Crippen LogP) is 4.08. The molecule has 0 radical (unpaired) electrons. The van der Waals surface area contributed by atoms with Gasteiger partial charge in [0.25, 0.3) is 0 Å². The molecule has 3 aromatic rings. The first-order valence-corrected chi connectivity index (χ1v) is 7.62. The summed E-state index contributed by atoms with van der Waals surface area (Å²) in [6.45, 7) is 6.98. The fourth-order valence-corrected chi connectivity index (χ4v) is 2.76. The van der Waals surface area contributed by atoms with Crippen LogP contribution in [0.1, 0.15) is 42.4 Å². The van der Waals surface area contributed by atoms with E-state index in [-0.39, 0.29) is 5.41 Å². The second-order valence-electron chi connectivity index (χ2n) is 6.80. The second kappa shape index (κ2) is 5.54. The molecule has 23 heavy (non-hydrogen) atoms. The highest BCUT2D eigenvalue weighted by atomic mass is 16.4. The lowest BCUT2D eigenvalue weighted by Gasteiger charge is -2.19. The zero-order valence-electron chi connectivity index (χ0n) is 13.6. The molecule has 0 aliphatic rings. The minimum absolute atomic E-state index is 0.0325. The Kier molecular flexibility index (Phi) is 3.68. The maximum atomic E-state index is 11.6. The fourth-order valence-electron chi connectivity index (χ4n) is 2.76. The minimum Gasteiger partial charge on any atom is -0.477 e. The zero-order chi connectivity index (χ0) is 16.6. The van der Waals surface area contributed by atoms with Crippen LogP contribution in [0.2, 0.25) is 0 Å². The van der Waals surface area contributed by atoms with E-state index >= 15 is 0 Å². The summed E-state index contributed by atoms with van der Waals surface area (Å²) in [7, 11) is 0. The Morgan fingerprint density at radius 2 is 1.83 bits per heavy atom. The normalized spacial score (nSPS) is 11.8. The van der Waals surface area contributed by atoms with Gasteiger partial charge in [-0.15, -0.1) is 0 Å². The molecule has 1 aromatic carbocycles. The molecule has 0 atom stereocenters. The Morgan fingerprint density at radius 3 is 2.43 bits per heavy atom. The van der Waals surface area contributed by atoms with Crippen LogP contribution in [0.3, 0.4) is 0 Å². The molecule has 2 heterocycles. The van der Waals surface area contributed by atoms with E-state index in [4.69, 9.17) is 0 Å². The van der Waals surface area contributed by atoms with Gasteiger partial charge >= 0.3 is 5.97 Å². The van der Waals surface area contributed by atoms with Crippen LogP contribution in [-0.4, -0.2) is 20.6 Å². The summed E-state index contributed by atoms with van der Waals surface area (Å²) in [6.07, 6.45) is 3.44. The first kappa shape index (κ1) is 15.3. The van der Waals surface area contributed by atoms with Gasteiger partial charge in [0.2, 0.25) is 0 Å². The maximum absolute atomic E-state index is 11.6. The zero-order valence-corrected chi connectivity index (χ0v) is 13.6. The molecular weight excluding hydrogens is 288 g/mol. The number of rotatable bonds is 3. The number of pyridine rings is 1. The van der Waals surface area contributed by atoms with Gasteiger partial charge in [-0.05, 0) is 46.9 Å². The summed E-state index contributed by atoms with van der Waals surface area (Å²) in [5, 5.41) is 10.5. The van der Waals surface area contributed by atoms with Crippen molar-refractivity contribution in [2.24, 2.45) is 0 Å². The van der Waals surface area contributed by atoms with Gasteiger partial charge in [-0.1, -0.05) is 26.8 Å². The van der Waals surface area contributed by atoms with Gasteiger partial charge in [0.1, 0.15) is 5.69 Å². The number of hydrogen-bond acceptors (Lipinski definition) is 2. The number of carbonyl (C=O) groups is 1.